The molecule has 0 spiro atoms. The molecule has 1 aromatic rings. The molecular weight excluding hydrogens is 279 g/mol. The highest BCUT2D eigenvalue weighted by atomic mass is 19.1. The maximum atomic E-state index is 13.6. The van der Waals surface area contributed by atoms with E-state index in [1.807, 2.05) is 6.07 Å². The lowest BCUT2D eigenvalue weighted by Gasteiger charge is -2.33. The minimum atomic E-state index is -0.255. The van der Waals surface area contributed by atoms with Gasteiger partial charge in [0.1, 0.15) is 6.10 Å². The second kappa shape index (κ2) is 7.42. The standard InChI is InChI=1S/C18H27FN2O/c1-20-11-4-5-15(20)8-12-21-13-9-16(10-14-21)22-18-7-3-2-6-17(18)19/h2-3,6-7,15-16H,4-5,8-14H2,1H3. The van der Waals surface area contributed by atoms with Crippen LogP contribution in [0.25, 0.3) is 0 Å². The first kappa shape index (κ1) is 15.8. The van der Waals surface area contributed by atoms with Gasteiger partial charge in [0.2, 0.25) is 0 Å². The summed E-state index contributed by atoms with van der Waals surface area (Å²) >= 11 is 0. The molecule has 0 bridgehead atoms. The monoisotopic (exact) mass is 306 g/mol. The summed E-state index contributed by atoms with van der Waals surface area (Å²) in [5.41, 5.74) is 0. The number of halogens is 1. The van der Waals surface area contributed by atoms with Crippen molar-refractivity contribution in [2.24, 2.45) is 0 Å². The van der Waals surface area contributed by atoms with Gasteiger partial charge in [-0.05, 0) is 64.4 Å². The number of ether oxygens (including phenoxy) is 1. The van der Waals surface area contributed by atoms with E-state index in [1.165, 1.54) is 38.4 Å². The van der Waals surface area contributed by atoms with Crippen LogP contribution in [0, 0.1) is 5.82 Å². The maximum absolute atomic E-state index is 13.6. The average molecular weight is 306 g/mol. The Balaban J connectivity index is 1.40. The molecule has 1 unspecified atom stereocenters. The largest absolute Gasteiger partial charge is 0.487 e. The molecule has 2 fully saturated rings. The highest BCUT2D eigenvalue weighted by Crippen LogP contribution is 2.23. The van der Waals surface area contributed by atoms with Crippen molar-refractivity contribution in [1.82, 2.24) is 9.80 Å². The Labute approximate surface area is 133 Å². The minimum Gasteiger partial charge on any atom is -0.487 e. The zero-order chi connectivity index (χ0) is 15.4. The Bertz CT molecular complexity index is 474. The van der Waals surface area contributed by atoms with Gasteiger partial charge in [-0.3, -0.25) is 0 Å². The van der Waals surface area contributed by atoms with Crippen molar-refractivity contribution in [3.63, 3.8) is 0 Å². The van der Waals surface area contributed by atoms with Crippen molar-refractivity contribution >= 4 is 0 Å². The fourth-order valence-electron chi connectivity index (χ4n) is 3.65. The number of rotatable bonds is 5. The van der Waals surface area contributed by atoms with Crippen LogP contribution in [0.5, 0.6) is 5.75 Å². The van der Waals surface area contributed by atoms with Crippen LogP contribution in [-0.4, -0.2) is 55.2 Å². The molecule has 0 N–H and O–H groups in total. The van der Waals surface area contributed by atoms with Crippen LogP contribution in [0.2, 0.25) is 0 Å². The molecule has 3 nitrogen and oxygen atoms in total. The molecule has 2 saturated heterocycles. The van der Waals surface area contributed by atoms with Crippen LogP contribution in [0.4, 0.5) is 4.39 Å². The Morgan fingerprint density at radius 1 is 1.14 bits per heavy atom. The van der Waals surface area contributed by atoms with Crippen molar-refractivity contribution in [2.75, 3.05) is 33.2 Å². The first-order chi connectivity index (χ1) is 10.7. The van der Waals surface area contributed by atoms with E-state index in [1.54, 1.807) is 12.1 Å². The Hall–Kier alpha value is -1.13. The number of hydrogen-bond acceptors (Lipinski definition) is 3. The number of nitrogens with zero attached hydrogens (tertiary/aromatic N) is 2. The summed E-state index contributed by atoms with van der Waals surface area (Å²) in [4.78, 5) is 5.03. The summed E-state index contributed by atoms with van der Waals surface area (Å²) < 4.78 is 19.4. The first-order valence-corrected chi connectivity index (χ1v) is 8.56. The van der Waals surface area contributed by atoms with Gasteiger partial charge in [0, 0.05) is 19.1 Å². The van der Waals surface area contributed by atoms with Gasteiger partial charge in [0.15, 0.2) is 11.6 Å². The average Bonchev–Trinajstić information content (AvgIpc) is 2.94. The summed E-state index contributed by atoms with van der Waals surface area (Å²) in [5, 5.41) is 0. The summed E-state index contributed by atoms with van der Waals surface area (Å²) in [6, 6.07) is 7.48. The molecule has 2 aliphatic heterocycles. The number of piperidine rings is 1. The normalized spacial score (nSPS) is 24.7. The molecule has 0 radical (unpaired) electrons. The van der Waals surface area contributed by atoms with E-state index in [2.05, 4.69) is 16.8 Å². The SMILES string of the molecule is CN1CCCC1CCN1CCC(Oc2ccccc2F)CC1. The topological polar surface area (TPSA) is 15.7 Å². The Morgan fingerprint density at radius 3 is 2.59 bits per heavy atom. The van der Waals surface area contributed by atoms with Gasteiger partial charge in [0.25, 0.3) is 0 Å². The molecule has 0 saturated carbocycles. The number of likely N-dealkylation sites (tertiary alicyclic amines) is 2. The molecule has 1 aromatic carbocycles. The molecule has 0 aromatic heterocycles. The molecule has 3 rings (SSSR count). The van der Waals surface area contributed by atoms with Crippen LogP contribution in [0.15, 0.2) is 24.3 Å². The zero-order valence-electron chi connectivity index (χ0n) is 13.5. The van der Waals surface area contributed by atoms with Gasteiger partial charge in [-0.1, -0.05) is 12.1 Å². The molecule has 0 aliphatic carbocycles. The second-order valence-electron chi connectivity index (χ2n) is 6.65. The van der Waals surface area contributed by atoms with Crippen LogP contribution in [0.1, 0.15) is 32.1 Å². The fraction of sp³-hybridized carbons (Fsp3) is 0.667. The van der Waals surface area contributed by atoms with Gasteiger partial charge >= 0.3 is 0 Å². The third-order valence-electron chi connectivity index (χ3n) is 5.11. The molecule has 122 valence electrons. The van der Waals surface area contributed by atoms with Gasteiger partial charge in [0.05, 0.1) is 0 Å². The number of para-hydroxylation sites is 1. The zero-order valence-corrected chi connectivity index (χ0v) is 13.5. The number of benzene rings is 1. The van der Waals surface area contributed by atoms with Crippen molar-refractivity contribution in [1.29, 1.82) is 0 Å². The summed E-state index contributed by atoms with van der Waals surface area (Å²) in [6.07, 6.45) is 6.12. The summed E-state index contributed by atoms with van der Waals surface area (Å²) in [6.45, 7) is 4.57. The highest BCUT2D eigenvalue weighted by molar-refractivity contribution is 5.23. The van der Waals surface area contributed by atoms with Crippen LogP contribution in [0.3, 0.4) is 0 Å². The van der Waals surface area contributed by atoms with Gasteiger partial charge < -0.3 is 14.5 Å². The van der Waals surface area contributed by atoms with Gasteiger partial charge in [-0.15, -0.1) is 0 Å². The van der Waals surface area contributed by atoms with Crippen molar-refractivity contribution in [2.45, 2.75) is 44.2 Å². The second-order valence-corrected chi connectivity index (χ2v) is 6.65. The van der Waals surface area contributed by atoms with Gasteiger partial charge in [-0.2, -0.15) is 0 Å². The minimum absolute atomic E-state index is 0.155. The summed E-state index contributed by atoms with van der Waals surface area (Å²) in [7, 11) is 2.24. The smallest absolute Gasteiger partial charge is 0.165 e. The van der Waals surface area contributed by atoms with Crippen LogP contribution >= 0.6 is 0 Å². The molecule has 2 aliphatic rings. The first-order valence-electron chi connectivity index (χ1n) is 8.56. The van der Waals surface area contributed by atoms with E-state index < -0.39 is 0 Å². The van der Waals surface area contributed by atoms with Crippen LogP contribution < -0.4 is 4.74 Å². The third-order valence-corrected chi connectivity index (χ3v) is 5.11. The Kier molecular flexibility index (Phi) is 5.32. The number of hydrogen-bond donors (Lipinski definition) is 0. The van der Waals surface area contributed by atoms with E-state index >= 15 is 0 Å². The van der Waals surface area contributed by atoms with Crippen molar-refractivity contribution in [3.05, 3.63) is 30.1 Å². The molecule has 22 heavy (non-hydrogen) atoms. The fourth-order valence-corrected chi connectivity index (χ4v) is 3.65. The van der Waals surface area contributed by atoms with Crippen molar-refractivity contribution < 1.29 is 9.13 Å². The van der Waals surface area contributed by atoms with E-state index in [0.717, 1.165) is 32.0 Å². The lowest BCUT2D eigenvalue weighted by atomic mass is 10.1. The molecule has 1 atom stereocenters. The predicted molar refractivity (Wildman–Crippen MR) is 86.8 cm³/mol. The van der Waals surface area contributed by atoms with Gasteiger partial charge in [-0.25, -0.2) is 4.39 Å². The van der Waals surface area contributed by atoms with E-state index in [9.17, 15) is 4.39 Å². The molecule has 2 heterocycles. The molecular formula is C18H27FN2O. The predicted octanol–water partition coefficient (Wildman–Crippen LogP) is 3.15. The lowest BCUT2D eigenvalue weighted by Crippen LogP contribution is -2.40. The van der Waals surface area contributed by atoms with E-state index in [0.29, 0.717) is 5.75 Å². The summed E-state index contributed by atoms with van der Waals surface area (Å²) in [5.74, 6) is 0.141. The quantitative estimate of drug-likeness (QED) is 0.831. The molecule has 0 amide bonds. The maximum Gasteiger partial charge on any atom is 0.165 e. The lowest BCUT2D eigenvalue weighted by molar-refractivity contribution is 0.0925. The van der Waals surface area contributed by atoms with Crippen LogP contribution in [-0.2, 0) is 0 Å². The van der Waals surface area contributed by atoms with Crippen molar-refractivity contribution in [3.8, 4) is 5.75 Å². The highest BCUT2D eigenvalue weighted by Gasteiger charge is 2.24. The molecule has 4 heteroatoms. The third kappa shape index (κ3) is 3.99. The Morgan fingerprint density at radius 2 is 1.91 bits per heavy atom. The van der Waals surface area contributed by atoms with E-state index in [-0.39, 0.29) is 11.9 Å². The van der Waals surface area contributed by atoms with E-state index in [4.69, 9.17) is 4.74 Å².